The van der Waals surface area contributed by atoms with Gasteiger partial charge in [0.15, 0.2) is 0 Å². The molecule has 2 heterocycles. The predicted molar refractivity (Wildman–Crippen MR) is 70.5 cm³/mol. The standard InChI is InChI=1S/C13H20N4/c1-13(2)6-4-8-17(9-13)10-5-3-7-16-11(10)12(14)15/h3,5,7H,4,6,8-9H2,1-2H3,(H3,14,15). The summed E-state index contributed by atoms with van der Waals surface area (Å²) in [5.74, 6) is 0.0454. The number of amidine groups is 1. The molecule has 0 radical (unpaired) electrons. The topological polar surface area (TPSA) is 66.0 Å². The highest BCUT2D eigenvalue weighted by Gasteiger charge is 2.27. The SMILES string of the molecule is CC1(C)CCCN(c2cccnc2C(=N)N)C1. The van der Waals surface area contributed by atoms with E-state index in [0.717, 1.165) is 18.8 Å². The van der Waals surface area contributed by atoms with Gasteiger partial charge in [0.05, 0.1) is 5.69 Å². The van der Waals surface area contributed by atoms with Gasteiger partial charge in [0.2, 0.25) is 0 Å². The molecule has 4 nitrogen and oxygen atoms in total. The molecular formula is C13H20N4. The molecule has 4 heteroatoms. The van der Waals surface area contributed by atoms with Crippen molar-refractivity contribution in [3.05, 3.63) is 24.0 Å². The van der Waals surface area contributed by atoms with Crippen LogP contribution >= 0.6 is 0 Å². The van der Waals surface area contributed by atoms with Crippen molar-refractivity contribution >= 4 is 11.5 Å². The predicted octanol–water partition coefficient (Wildman–Crippen LogP) is 1.99. The fraction of sp³-hybridized carbons (Fsp3) is 0.538. The molecule has 0 saturated carbocycles. The van der Waals surface area contributed by atoms with Crippen molar-refractivity contribution in [1.29, 1.82) is 5.41 Å². The van der Waals surface area contributed by atoms with E-state index in [1.54, 1.807) is 6.20 Å². The van der Waals surface area contributed by atoms with Gasteiger partial charge in [0.25, 0.3) is 0 Å². The average molecular weight is 232 g/mol. The van der Waals surface area contributed by atoms with E-state index in [2.05, 4.69) is 23.7 Å². The minimum Gasteiger partial charge on any atom is -0.382 e. The lowest BCUT2D eigenvalue weighted by Crippen LogP contribution is -2.41. The molecule has 0 amide bonds. The molecule has 0 bridgehead atoms. The van der Waals surface area contributed by atoms with E-state index in [0.29, 0.717) is 11.1 Å². The number of piperidine rings is 1. The zero-order valence-electron chi connectivity index (χ0n) is 10.5. The normalized spacial score (nSPS) is 19.1. The van der Waals surface area contributed by atoms with Gasteiger partial charge in [0, 0.05) is 19.3 Å². The molecule has 0 aliphatic carbocycles. The van der Waals surface area contributed by atoms with Gasteiger partial charge in [-0.2, -0.15) is 0 Å². The Hall–Kier alpha value is -1.58. The van der Waals surface area contributed by atoms with Crippen molar-refractivity contribution in [3.63, 3.8) is 0 Å². The van der Waals surface area contributed by atoms with Crippen molar-refractivity contribution in [1.82, 2.24) is 4.98 Å². The summed E-state index contributed by atoms with van der Waals surface area (Å²) in [6.45, 7) is 6.58. The fourth-order valence-electron chi connectivity index (χ4n) is 2.49. The molecule has 0 aromatic carbocycles. The second kappa shape index (κ2) is 4.35. The van der Waals surface area contributed by atoms with Gasteiger partial charge >= 0.3 is 0 Å². The molecule has 0 atom stereocenters. The van der Waals surface area contributed by atoms with Crippen LogP contribution in [0, 0.1) is 10.8 Å². The number of nitrogen functional groups attached to an aromatic ring is 1. The van der Waals surface area contributed by atoms with Gasteiger partial charge in [-0.1, -0.05) is 13.8 Å². The van der Waals surface area contributed by atoms with Crippen LogP contribution in [0.15, 0.2) is 18.3 Å². The quantitative estimate of drug-likeness (QED) is 0.605. The maximum Gasteiger partial charge on any atom is 0.143 e. The number of rotatable bonds is 2. The first-order valence-electron chi connectivity index (χ1n) is 6.04. The summed E-state index contributed by atoms with van der Waals surface area (Å²) in [6.07, 6.45) is 4.12. The third-order valence-electron chi connectivity index (χ3n) is 3.28. The summed E-state index contributed by atoms with van der Waals surface area (Å²) >= 11 is 0. The molecule has 17 heavy (non-hydrogen) atoms. The van der Waals surface area contributed by atoms with Gasteiger partial charge in [0.1, 0.15) is 11.5 Å². The summed E-state index contributed by atoms with van der Waals surface area (Å²) in [4.78, 5) is 6.51. The van der Waals surface area contributed by atoms with Crippen LogP contribution in [0.5, 0.6) is 0 Å². The van der Waals surface area contributed by atoms with Crippen molar-refractivity contribution in [2.75, 3.05) is 18.0 Å². The van der Waals surface area contributed by atoms with Crippen molar-refractivity contribution < 1.29 is 0 Å². The van der Waals surface area contributed by atoms with Crippen LogP contribution in [0.2, 0.25) is 0 Å². The van der Waals surface area contributed by atoms with Gasteiger partial charge in [-0.25, -0.2) is 0 Å². The average Bonchev–Trinajstić information content (AvgIpc) is 2.27. The summed E-state index contributed by atoms with van der Waals surface area (Å²) in [6, 6.07) is 3.91. The minimum atomic E-state index is 0.0454. The number of hydrogen-bond acceptors (Lipinski definition) is 3. The van der Waals surface area contributed by atoms with Gasteiger partial charge in [-0.3, -0.25) is 10.4 Å². The summed E-state index contributed by atoms with van der Waals surface area (Å²) in [7, 11) is 0. The molecule has 0 unspecified atom stereocenters. The molecule has 3 N–H and O–H groups in total. The molecule has 2 rings (SSSR count). The molecule has 1 saturated heterocycles. The summed E-state index contributed by atoms with van der Waals surface area (Å²) < 4.78 is 0. The van der Waals surface area contributed by atoms with Crippen LogP contribution in [0.1, 0.15) is 32.4 Å². The summed E-state index contributed by atoms with van der Waals surface area (Å²) in [5, 5.41) is 7.58. The Balaban J connectivity index is 2.30. The number of pyridine rings is 1. The monoisotopic (exact) mass is 232 g/mol. The lowest BCUT2D eigenvalue weighted by Gasteiger charge is -2.39. The zero-order valence-corrected chi connectivity index (χ0v) is 10.5. The molecule has 1 aromatic rings. The molecule has 1 aromatic heterocycles. The lowest BCUT2D eigenvalue weighted by atomic mass is 9.84. The second-order valence-corrected chi connectivity index (χ2v) is 5.47. The lowest BCUT2D eigenvalue weighted by molar-refractivity contribution is 0.293. The number of anilines is 1. The number of nitrogens with one attached hydrogen (secondary N) is 1. The highest BCUT2D eigenvalue weighted by Crippen LogP contribution is 2.32. The molecule has 92 valence electrons. The van der Waals surface area contributed by atoms with Crippen LogP contribution in [0.3, 0.4) is 0 Å². The highest BCUT2D eigenvalue weighted by molar-refractivity contribution is 5.98. The fourth-order valence-corrected chi connectivity index (χ4v) is 2.49. The Morgan fingerprint density at radius 3 is 2.94 bits per heavy atom. The summed E-state index contributed by atoms with van der Waals surface area (Å²) in [5.41, 5.74) is 7.50. The van der Waals surface area contributed by atoms with Crippen LogP contribution in [0.4, 0.5) is 5.69 Å². The third-order valence-corrected chi connectivity index (χ3v) is 3.28. The maximum atomic E-state index is 7.58. The number of hydrogen-bond donors (Lipinski definition) is 2. The van der Waals surface area contributed by atoms with E-state index in [9.17, 15) is 0 Å². The van der Waals surface area contributed by atoms with Crippen LogP contribution in [0.25, 0.3) is 0 Å². The molecule has 1 aliphatic rings. The Kier molecular flexibility index (Phi) is 3.05. The van der Waals surface area contributed by atoms with E-state index in [1.165, 1.54) is 12.8 Å². The first-order chi connectivity index (χ1) is 7.99. The van der Waals surface area contributed by atoms with Crippen LogP contribution in [-0.4, -0.2) is 23.9 Å². The van der Waals surface area contributed by atoms with E-state index in [4.69, 9.17) is 11.1 Å². The largest absolute Gasteiger partial charge is 0.382 e. The first-order valence-corrected chi connectivity index (χ1v) is 6.04. The van der Waals surface area contributed by atoms with Crippen molar-refractivity contribution in [3.8, 4) is 0 Å². The molecule has 1 fully saturated rings. The smallest absolute Gasteiger partial charge is 0.143 e. The molecule has 1 aliphatic heterocycles. The zero-order chi connectivity index (χ0) is 12.5. The minimum absolute atomic E-state index is 0.0454. The molecular weight excluding hydrogens is 212 g/mol. The van der Waals surface area contributed by atoms with E-state index in [1.807, 2.05) is 12.1 Å². The number of nitrogens with zero attached hydrogens (tertiary/aromatic N) is 2. The van der Waals surface area contributed by atoms with Crippen LogP contribution < -0.4 is 10.6 Å². The Morgan fingerprint density at radius 1 is 1.53 bits per heavy atom. The Bertz CT molecular complexity index is 425. The number of nitrogens with two attached hydrogens (primary N) is 1. The van der Waals surface area contributed by atoms with E-state index >= 15 is 0 Å². The van der Waals surface area contributed by atoms with Crippen molar-refractivity contribution in [2.24, 2.45) is 11.1 Å². The van der Waals surface area contributed by atoms with Gasteiger partial charge in [-0.05, 0) is 30.4 Å². The van der Waals surface area contributed by atoms with Gasteiger partial charge < -0.3 is 10.6 Å². The maximum absolute atomic E-state index is 7.58. The van der Waals surface area contributed by atoms with E-state index in [-0.39, 0.29) is 5.84 Å². The first kappa shape index (κ1) is 11.9. The van der Waals surface area contributed by atoms with E-state index < -0.39 is 0 Å². The van der Waals surface area contributed by atoms with Crippen molar-refractivity contribution in [2.45, 2.75) is 26.7 Å². The van der Waals surface area contributed by atoms with Gasteiger partial charge in [-0.15, -0.1) is 0 Å². The number of aromatic nitrogens is 1. The van der Waals surface area contributed by atoms with Crippen LogP contribution in [-0.2, 0) is 0 Å². The highest BCUT2D eigenvalue weighted by atomic mass is 15.2. The Labute approximate surface area is 102 Å². The Morgan fingerprint density at radius 2 is 2.29 bits per heavy atom. The second-order valence-electron chi connectivity index (χ2n) is 5.47. The molecule has 0 spiro atoms. The third kappa shape index (κ3) is 2.57.